The number of amides is 1. The molecule has 0 radical (unpaired) electrons. The number of benzene rings is 4. The lowest BCUT2D eigenvalue weighted by molar-refractivity contribution is 0.0956. The Hall–Kier alpha value is -4.51. The largest absolute Gasteiger partial charge is 0.490 e. The number of nitrogens with one attached hydrogen (secondary N) is 1. The van der Waals surface area contributed by atoms with Crippen molar-refractivity contribution in [3.8, 4) is 17.0 Å². The Morgan fingerprint density at radius 1 is 0.886 bits per heavy atom. The second kappa shape index (κ2) is 9.77. The van der Waals surface area contributed by atoms with Gasteiger partial charge in [-0.2, -0.15) is 5.10 Å². The first kappa shape index (κ1) is 22.3. The van der Waals surface area contributed by atoms with Crippen LogP contribution in [0.25, 0.3) is 32.9 Å². The first-order chi connectivity index (χ1) is 17.1. The molecule has 1 amide bonds. The fraction of sp³-hybridized carbons (Fsp3) is 0.100. The summed E-state index contributed by atoms with van der Waals surface area (Å²) in [6, 6.07) is 31.3. The third-order valence-electron chi connectivity index (χ3n) is 5.68. The molecule has 4 aromatic carbocycles. The summed E-state index contributed by atoms with van der Waals surface area (Å²) in [6.07, 6.45) is 1.66. The normalized spacial score (nSPS) is 11.4. The van der Waals surface area contributed by atoms with Gasteiger partial charge in [0.15, 0.2) is 0 Å². The second-order valence-corrected chi connectivity index (χ2v) is 8.50. The summed E-state index contributed by atoms with van der Waals surface area (Å²) in [4.78, 5) is 18.0. The number of fused-ring (bicyclic) bond motifs is 2. The average molecular weight is 460 g/mol. The number of hydrogen-bond donors (Lipinski definition) is 1. The smallest absolute Gasteiger partial charge is 0.272 e. The molecule has 1 heterocycles. The van der Waals surface area contributed by atoms with Crippen LogP contribution in [-0.2, 0) is 0 Å². The van der Waals surface area contributed by atoms with Crippen LogP contribution in [-0.4, -0.2) is 23.2 Å². The van der Waals surface area contributed by atoms with E-state index in [0.717, 1.165) is 44.2 Å². The fourth-order valence-corrected chi connectivity index (χ4v) is 4.10. The Kier molecular flexibility index (Phi) is 6.22. The van der Waals surface area contributed by atoms with E-state index in [2.05, 4.69) is 10.5 Å². The standard InChI is InChI=1S/C30H25N3O2/c1-20(2)35-29-17-16-21-10-6-7-13-23(21)26(29)19-31-33-30(34)25-18-28(22-11-4-3-5-12-22)32-27-15-9-8-14-24(25)27/h3-20H,1-2H3,(H,33,34)/b31-19-. The first-order valence-electron chi connectivity index (χ1n) is 11.6. The van der Waals surface area contributed by atoms with Crippen LogP contribution in [0.4, 0.5) is 0 Å². The number of aromatic nitrogens is 1. The van der Waals surface area contributed by atoms with Crippen molar-refractivity contribution in [3.05, 3.63) is 108 Å². The topological polar surface area (TPSA) is 63.6 Å². The molecule has 0 spiro atoms. The number of ether oxygens (including phenoxy) is 1. The summed E-state index contributed by atoms with van der Waals surface area (Å²) in [5.74, 6) is 0.418. The molecule has 5 heteroatoms. The van der Waals surface area contributed by atoms with E-state index in [1.54, 1.807) is 6.21 Å². The number of hydrogen-bond acceptors (Lipinski definition) is 4. The van der Waals surface area contributed by atoms with Crippen LogP contribution in [0.5, 0.6) is 5.75 Å². The predicted molar refractivity (Wildman–Crippen MR) is 142 cm³/mol. The van der Waals surface area contributed by atoms with E-state index in [1.807, 2.05) is 111 Å². The van der Waals surface area contributed by atoms with Gasteiger partial charge >= 0.3 is 0 Å². The van der Waals surface area contributed by atoms with Crippen LogP contribution >= 0.6 is 0 Å². The van der Waals surface area contributed by atoms with Gasteiger partial charge in [-0.05, 0) is 42.8 Å². The Morgan fingerprint density at radius 2 is 1.60 bits per heavy atom. The molecule has 0 saturated heterocycles. The van der Waals surface area contributed by atoms with E-state index < -0.39 is 0 Å². The minimum Gasteiger partial charge on any atom is -0.490 e. The molecule has 5 nitrogen and oxygen atoms in total. The maximum absolute atomic E-state index is 13.3. The summed E-state index contributed by atoms with van der Waals surface area (Å²) in [5, 5.41) is 7.17. The van der Waals surface area contributed by atoms with Gasteiger partial charge in [-0.25, -0.2) is 10.4 Å². The van der Waals surface area contributed by atoms with Crippen LogP contribution in [0.15, 0.2) is 102 Å². The van der Waals surface area contributed by atoms with Gasteiger partial charge in [0.2, 0.25) is 0 Å². The quantitative estimate of drug-likeness (QED) is 0.230. The molecule has 1 N–H and O–H groups in total. The number of rotatable bonds is 6. The number of carbonyl (C=O) groups excluding carboxylic acids is 1. The fourth-order valence-electron chi connectivity index (χ4n) is 4.10. The Balaban J connectivity index is 1.50. The minimum absolute atomic E-state index is 0.0116. The van der Waals surface area contributed by atoms with E-state index in [1.165, 1.54) is 0 Å². The maximum Gasteiger partial charge on any atom is 0.272 e. The molecule has 0 atom stereocenters. The zero-order valence-electron chi connectivity index (χ0n) is 19.6. The molecule has 0 bridgehead atoms. The highest BCUT2D eigenvalue weighted by molar-refractivity contribution is 6.08. The number of hydrazone groups is 1. The second-order valence-electron chi connectivity index (χ2n) is 8.50. The molecule has 0 aliphatic carbocycles. The monoisotopic (exact) mass is 459 g/mol. The molecule has 0 aliphatic rings. The summed E-state index contributed by atoms with van der Waals surface area (Å²) < 4.78 is 6.01. The van der Waals surface area contributed by atoms with Crippen molar-refractivity contribution in [2.45, 2.75) is 20.0 Å². The third-order valence-corrected chi connectivity index (χ3v) is 5.68. The van der Waals surface area contributed by atoms with Crippen LogP contribution in [0.1, 0.15) is 29.8 Å². The zero-order chi connectivity index (χ0) is 24.2. The molecule has 0 unspecified atom stereocenters. The highest BCUT2D eigenvalue weighted by Gasteiger charge is 2.14. The van der Waals surface area contributed by atoms with Crippen molar-refractivity contribution in [1.29, 1.82) is 0 Å². The Bertz CT molecular complexity index is 1540. The lowest BCUT2D eigenvalue weighted by Crippen LogP contribution is -2.18. The van der Waals surface area contributed by atoms with Crippen molar-refractivity contribution in [2.24, 2.45) is 5.10 Å². The highest BCUT2D eigenvalue weighted by Crippen LogP contribution is 2.28. The Morgan fingerprint density at radius 3 is 2.40 bits per heavy atom. The molecule has 5 rings (SSSR count). The summed E-state index contributed by atoms with van der Waals surface area (Å²) >= 11 is 0. The van der Waals surface area contributed by atoms with Gasteiger partial charge in [0, 0.05) is 16.5 Å². The number of pyridine rings is 1. The van der Waals surface area contributed by atoms with Gasteiger partial charge in [-0.15, -0.1) is 0 Å². The van der Waals surface area contributed by atoms with Gasteiger partial charge in [-0.3, -0.25) is 4.79 Å². The van der Waals surface area contributed by atoms with Gasteiger partial charge < -0.3 is 4.74 Å². The Labute approximate surface area is 204 Å². The summed E-state index contributed by atoms with van der Waals surface area (Å²) in [7, 11) is 0. The van der Waals surface area contributed by atoms with E-state index in [-0.39, 0.29) is 12.0 Å². The van der Waals surface area contributed by atoms with E-state index >= 15 is 0 Å². The van der Waals surface area contributed by atoms with Crippen molar-refractivity contribution in [1.82, 2.24) is 10.4 Å². The molecule has 5 aromatic rings. The molecular weight excluding hydrogens is 434 g/mol. The molecular formula is C30H25N3O2. The SMILES string of the molecule is CC(C)Oc1ccc2ccccc2c1/C=N\NC(=O)c1cc(-c2ccccc2)nc2ccccc12. The van der Waals surface area contributed by atoms with Crippen LogP contribution in [0, 0.1) is 0 Å². The van der Waals surface area contributed by atoms with Crippen LogP contribution < -0.4 is 10.2 Å². The number of para-hydroxylation sites is 1. The number of nitrogens with zero attached hydrogens (tertiary/aromatic N) is 2. The molecule has 0 saturated carbocycles. The molecule has 172 valence electrons. The van der Waals surface area contributed by atoms with Crippen molar-refractivity contribution >= 4 is 33.8 Å². The van der Waals surface area contributed by atoms with Crippen molar-refractivity contribution in [2.75, 3.05) is 0 Å². The van der Waals surface area contributed by atoms with Crippen molar-refractivity contribution in [3.63, 3.8) is 0 Å². The zero-order valence-corrected chi connectivity index (χ0v) is 19.6. The van der Waals surface area contributed by atoms with Gasteiger partial charge in [0.25, 0.3) is 5.91 Å². The average Bonchev–Trinajstić information content (AvgIpc) is 2.89. The summed E-state index contributed by atoms with van der Waals surface area (Å²) in [5.41, 5.74) is 6.49. The van der Waals surface area contributed by atoms with Crippen molar-refractivity contribution < 1.29 is 9.53 Å². The van der Waals surface area contributed by atoms with Gasteiger partial charge in [0.05, 0.1) is 29.1 Å². The first-order valence-corrected chi connectivity index (χ1v) is 11.6. The van der Waals surface area contributed by atoms with Gasteiger partial charge in [-0.1, -0.05) is 78.9 Å². The van der Waals surface area contributed by atoms with E-state index in [0.29, 0.717) is 5.56 Å². The van der Waals surface area contributed by atoms with E-state index in [4.69, 9.17) is 9.72 Å². The molecule has 35 heavy (non-hydrogen) atoms. The predicted octanol–water partition coefficient (Wildman–Crippen LogP) is 6.61. The third kappa shape index (κ3) is 4.75. The lowest BCUT2D eigenvalue weighted by Gasteiger charge is -2.14. The molecule has 0 fully saturated rings. The minimum atomic E-state index is -0.302. The molecule has 0 aliphatic heterocycles. The molecule has 1 aromatic heterocycles. The number of carbonyl (C=O) groups is 1. The van der Waals surface area contributed by atoms with Crippen LogP contribution in [0.3, 0.4) is 0 Å². The van der Waals surface area contributed by atoms with Crippen LogP contribution in [0.2, 0.25) is 0 Å². The lowest BCUT2D eigenvalue weighted by atomic mass is 10.0. The summed E-state index contributed by atoms with van der Waals surface area (Å²) in [6.45, 7) is 3.97. The highest BCUT2D eigenvalue weighted by atomic mass is 16.5. The maximum atomic E-state index is 13.3. The van der Waals surface area contributed by atoms with E-state index in [9.17, 15) is 4.79 Å². The van der Waals surface area contributed by atoms with Gasteiger partial charge in [0.1, 0.15) is 5.75 Å².